The van der Waals surface area contributed by atoms with Crippen molar-refractivity contribution in [2.75, 3.05) is 0 Å². The Morgan fingerprint density at radius 2 is 1.85 bits per heavy atom. The molecule has 0 bridgehead atoms. The lowest BCUT2D eigenvalue weighted by molar-refractivity contribution is 0.297. The van der Waals surface area contributed by atoms with Crippen molar-refractivity contribution in [2.24, 2.45) is 0 Å². The Hall–Kier alpha value is -1.91. The summed E-state index contributed by atoms with van der Waals surface area (Å²) < 4.78 is 5.71. The molecule has 0 aliphatic carbocycles. The van der Waals surface area contributed by atoms with E-state index in [0.29, 0.717) is 28.5 Å². The lowest BCUT2D eigenvalue weighted by Gasteiger charge is -2.08. The molecule has 1 aromatic carbocycles. The first-order valence-electron chi connectivity index (χ1n) is 5.88. The van der Waals surface area contributed by atoms with E-state index >= 15 is 0 Å². The van der Waals surface area contributed by atoms with Crippen LogP contribution in [0.3, 0.4) is 0 Å². The number of hydrogen-bond acceptors (Lipinski definition) is 4. The molecule has 4 nitrogen and oxygen atoms in total. The molecule has 3 aromatic rings. The Morgan fingerprint density at radius 3 is 2.65 bits per heavy atom. The van der Waals surface area contributed by atoms with Crippen LogP contribution in [0.4, 0.5) is 0 Å². The Labute approximate surface area is 125 Å². The van der Waals surface area contributed by atoms with Gasteiger partial charge < -0.3 is 4.74 Å². The summed E-state index contributed by atoms with van der Waals surface area (Å²) in [5, 5.41) is 1.14. The zero-order chi connectivity index (χ0) is 13.9. The molecule has 0 atom stereocenters. The lowest BCUT2D eigenvalue weighted by Crippen LogP contribution is -1.99. The molecule has 0 aliphatic heterocycles. The number of halogens is 2. The lowest BCUT2D eigenvalue weighted by atomic mass is 10.2. The van der Waals surface area contributed by atoms with Crippen LogP contribution in [-0.4, -0.2) is 15.0 Å². The van der Waals surface area contributed by atoms with Crippen LogP contribution in [0.2, 0.25) is 10.4 Å². The van der Waals surface area contributed by atoms with Crippen LogP contribution in [-0.2, 0) is 6.61 Å². The van der Waals surface area contributed by atoms with Crippen molar-refractivity contribution in [3.63, 3.8) is 0 Å². The van der Waals surface area contributed by atoms with Crippen LogP contribution in [0.1, 0.15) is 5.56 Å². The first-order valence-corrected chi connectivity index (χ1v) is 6.63. The Balaban J connectivity index is 1.94. The van der Waals surface area contributed by atoms with Gasteiger partial charge in [0.2, 0.25) is 11.2 Å². The maximum absolute atomic E-state index is 5.89. The highest BCUT2D eigenvalue weighted by molar-refractivity contribution is 6.30. The maximum Gasteiger partial charge on any atom is 0.227 e. The summed E-state index contributed by atoms with van der Waals surface area (Å²) in [4.78, 5) is 12.2. The molecule has 0 aliphatic rings. The number of pyridine rings is 1. The summed E-state index contributed by atoms with van der Waals surface area (Å²) >= 11 is 11.7. The van der Waals surface area contributed by atoms with E-state index in [2.05, 4.69) is 15.0 Å². The zero-order valence-electron chi connectivity index (χ0n) is 10.3. The SMILES string of the molecule is Clc1cc2nc(Cl)nc(OCc3ccccc3)c2cn1. The van der Waals surface area contributed by atoms with E-state index in [1.807, 2.05) is 30.3 Å². The van der Waals surface area contributed by atoms with Crippen molar-refractivity contribution in [2.45, 2.75) is 6.61 Å². The third-order valence-corrected chi connectivity index (χ3v) is 3.08. The normalized spacial score (nSPS) is 10.7. The van der Waals surface area contributed by atoms with Gasteiger partial charge in [-0.25, -0.2) is 9.97 Å². The standard InChI is InChI=1S/C14H9Cl2N3O/c15-12-6-11-10(7-17-12)13(19-14(16)18-11)20-8-9-4-2-1-3-5-9/h1-7H,8H2. The molecule has 0 spiro atoms. The zero-order valence-corrected chi connectivity index (χ0v) is 11.8. The van der Waals surface area contributed by atoms with E-state index in [0.717, 1.165) is 5.56 Å². The molecular formula is C14H9Cl2N3O. The third kappa shape index (κ3) is 2.81. The topological polar surface area (TPSA) is 47.9 Å². The Kier molecular flexibility index (Phi) is 3.67. The maximum atomic E-state index is 5.89. The van der Waals surface area contributed by atoms with Crippen LogP contribution in [0.25, 0.3) is 10.9 Å². The van der Waals surface area contributed by atoms with Gasteiger partial charge in [-0.05, 0) is 17.2 Å². The summed E-state index contributed by atoms with van der Waals surface area (Å²) in [5.41, 5.74) is 1.64. The smallest absolute Gasteiger partial charge is 0.227 e. The Bertz CT molecular complexity index is 745. The molecule has 2 aromatic heterocycles. The van der Waals surface area contributed by atoms with Crippen molar-refractivity contribution in [1.29, 1.82) is 0 Å². The van der Waals surface area contributed by atoms with Crippen molar-refractivity contribution in [3.05, 3.63) is 58.6 Å². The summed E-state index contributed by atoms with van der Waals surface area (Å²) in [6.45, 7) is 0.395. The highest BCUT2D eigenvalue weighted by Crippen LogP contribution is 2.25. The molecule has 0 radical (unpaired) electrons. The minimum atomic E-state index is 0.114. The number of aromatic nitrogens is 3. The van der Waals surface area contributed by atoms with E-state index in [9.17, 15) is 0 Å². The van der Waals surface area contributed by atoms with Gasteiger partial charge in [-0.15, -0.1) is 0 Å². The van der Waals surface area contributed by atoms with E-state index in [-0.39, 0.29) is 5.28 Å². The second-order valence-electron chi connectivity index (χ2n) is 4.10. The highest BCUT2D eigenvalue weighted by atomic mass is 35.5. The van der Waals surface area contributed by atoms with E-state index in [1.54, 1.807) is 12.3 Å². The second-order valence-corrected chi connectivity index (χ2v) is 4.82. The van der Waals surface area contributed by atoms with Gasteiger partial charge in [0.25, 0.3) is 0 Å². The number of ether oxygens (including phenoxy) is 1. The number of benzene rings is 1. The van der Waals surface area contributed by atoms with Gasteiger partial charge in [-0.2, -0.15) is 4.98 Å². The summed E-state index contributed by atoms with van der Waals surface area (Å²) in [6.07, 6.45) is 1.58. The van der Waals surface area contributed by atoms with Crippen LogP contribution < -0.4 is 4.74 Å². The third-order valence-electron chi connectivity index (χ3n) is 2.70. The van der Waals surface area contributed by atoms with E-state index < -0.39 is 0 Å². The Morgan fingerprint density at radius 1 is 1.05 bits per heavy atom. The minimum Gasteiger partial charge on any atom is -0.472 e. The minimum absolute atomic E-state index is 0.114. The molecule has 0 N–H and O–H groups in total. The van der Waals surface area contributed by atoms with Crippen LogP contribution >= 0.6 is 23.2 Å². The van der Waals surface area contributed by atoms with Gasteiger partial charge in [-0.3, -0.25) is 0 Å². The first kappa shape index (κ1) is 13.1. The van der Waals surface area contributed by atoms with Gasteiger partial charge >= 0.3 is 0 Å². The number of fused-ring (bicyclic) bond motifs is 1. The van der Waals surface area contributed by atoms with Gasteiger partial charge in [0.1, 0.15) is 11.8 Å². The average Bonchev–Trinajstić information content (AvgIpc) is 2.45. The molecule has 0 unspecified atom stereocenters. The van der Waals surface area contributed by atoms with E-state index in [4.69, 9.17) is 27.9 Å². The van der Waals surface area contributed by atoms with Gasteiger partial charge in [-0.1, -0.05) is 41.9 Å². The number of rotatable bonds is 3. The van der Waals surface area contributed by atoms with Crippen molar-refractivity contribution in [1.82, 2.24) is 15.0 Å². The molecule has 2 heterocycles. The number of nitrogens with zero attached hydrogens (tertiary/aromatic N) is 3. The summed E-state index contributed by atoms with van der Waals surface area (Å²) in [7, 11) is 0. The van der Waals surface area contributed by atoms with E-state index in [1.165, 1.54) is 0 Å². The largest absolute Gasteiger partial charge is 0.472 e. The van der Waals surface area contributed by atoms with Gasteiger partial charge in [0.15, 0.2) is 0 Å². The average molecular weight is 306 g/mol. The summed E-state index contributed by atoms with van der Waals surface area (Å²) in [5.74, 6) is 0.396. The molecule has 3 rings (SSSR count). The van der Waals surface area contributed by atoms with Crippen molar-refractivity contribution in [3.8, 4) is 5.88 Å². The second kappa shape index (κ2) is 5.61. The summed E-state index contributed by atoms with van der Waals surface area (Å²) in [6, 6.07) is 11.4. The monoisotopic (exact) mass is 305 g/mol. The predicted octanol–water partition coefficient (Wildman–Crippen LogP) is 3.91. The molecule has 0 saturated heterocycles. The highest BCUT2D eigenvalue weighted by Gasteiger charge is 2.09. The molecule has 6 heteroatoms. The molecule has 20 heavy (non-hydrogen) atoms. The van der Waals surface area contributed by atoms with Crippen molar-refractivity contribution >= 4 is 34.1 Å². The van der Waals surface area contributed by atoms with Gasteiger partial charge in [0, 0.05) is 12.3 Å². The number of hydrogen-bond donors (Lipinski definition) is 0. The predicted molar refractivity (Wildman–Crippen MR) is 78.1 cm³/mol. The van der Waals surface area contributed by atoms with Crippen LogP contribution in [0.5, 0.6) is 5.88 Å². The fourth-order valence-electron chi connectivity index (χ4n) is 1.78. The van der Waals surface area contributed by atoms with Crippen LogP contribution in [0.15, 0.2) is 42.6 Å². The molecular weight excluding hydrogens is 297 g/mol. The molecule has 0 saturated carbocycles. The van der Waals surface area contributed by atoms with Gasteiger partial charge in [0.05, 0.1) is 10.9 Å². The quantitative estimate of drug-likeness (QED) is 0.544. The first-order chi connectivity index (χ1) is 9.72. The fourth-order valence-corrected chi connectivity index (χ4v) is 2.10. The van der Waals surface area contributed by atoms with Crippen LogP contribution in [0, 0.1) is 0 Å². The van der Waals surface area contributed by atoms with Crippen molar-refractivity contribution < 1.29 is 4.74 Å². The molecule has 0 amide bonds. The molecule has 100 valence electrons. The fraction of sp³-hybridized carbons (Fsp3) is 0.0714. The molecule has 0 fully saturated rings.